The van der Waals surface area contributed by atoms with Crippen LogP contribution in [-0.4, -0.2) is 58.3 Å². The molecule has 1 saturated carbocycles. The maximum absolute atomic E-state index is 12.8. The summed E-state index contributed by atoms with van der Waals surface area (Å²) in [6.07, 6.45) is 2.09. The topological polar surface area (TPSA) is 72.3 Å². The fourth-order valence-corrected chi connectivity index (χ4v) is 5.64. The quantitative estimate of drug-likeness (QED) is 0.350. The van der Waals surface area contributed by atoms with Crippen LogP contribution >= 0.6 is 11.8 Å². The number of nitrogens with zero attached hydrogens (tertiary/aromatic N) is 5. The third-order valence-corrected chi connectivity index (χ3v) is 7.79. The summed E-state index contributed by atoms with van der Waals surface area (Å²) in [5.74, 6) is 2.00. The Morgan fingerprint density at radius 3 is 2.73 bits per heavy atom. The van der Waals surface area contributed by atoms with Crippen LogP contribution in [0.25, 0.3) is 5.57 Å². The minimum absolute atomic E-state index is 0.247. The summed E-state index contributed by atoms with van der Waals surface area (Å²) in [5.41, 5.74) is 7.11. The first-order chi connectivity index (χ1) is 15.8. The Balaban J connectivity index is 1.23. The second kappa shape index (κ2) is 9.50. The molecule has 33 heavy (non-hydrogen) atoms. The van der Waals surface area contributed by atoms with Gasteiger partial charge in [-0.05, 0) is 61.4 Å². The van der Waals surface area contributed by atoms with E-state index in [4.69, 9.17) is 5.73 Å². The first kappa shape index (κ1) is 23.8. The Morgan fingerprint density at radius 2 is 2.06 bits per heavy atom. The average molecular weight is 479 g/mol. The molecule has 6 nitrogen and oxygen atoms in total. The van der Waals surface area contributed by atoms with Gasteiger partial charge in [0, 0.05) is 38.8 Å². The Bertz CT molecular complexity index is 1030. The van der Waals surface area contributed by atoms with E-state index in [1.165, 1.54) is 18.3 Å². The summed E-state index contributed by atoms with van der Waals surface area (Å²) in [6.45, 7) is 3.09. The van der Waals surface area contributed by atoms with Crippen LogP contribution in [0.3, 0.4) is 0 Å². The molecular weight excluding hydrogens is 449 g/mol. The van der Waals surface area contributed by atoms with E-state index in [1.54, 1.807) is 37.2 Å². The van der Waals surface area contributed by atoms with E-state index in [1.807, 2.05) is 11.6 Å². The number of hydrogen-bond donors (Lipinski definition) is 1. The highest BCUT2D eigenvalue weighted by Crippen LogP contribution is 2.64. The lowest BCUT2D eigenvalue weighted by atomic mass is 9.97. The molecule has 0 amide bonds. The molecule has 10 heteroatoms. The molecule has 0 unspecified atom stereocenters. The predicted octanol–water partition coefficient (Wildman–Crippen LogP) is 4.20. The Hall–Kier alpha value is -2.33. The molecule has 2 N–H and O–H groups in total. The first-order valence-corrected chi connectivity index (χ1v) is 12.0. The van der Waals surface area contributed by atoms with E-state index in [0.717, 1.165) is 60.9 Å². The van der Waals surface area contributed by atoms with E-state index in [2.05, 4.69) is 20.1 Å². The minimum Gasteiger partial charge on any atom is -0.404 e. The molecule has 4 rings (SSSR count). The number of nitrogens with two attached hydrogens (primary N) is 1. The van der Waals surface area contributed by atoms with Gasteiger partial charge in [0.05, 0.1) is 11.1 Å². The van der Waals surface area contributed by atoms with Gasteiger partial charge < -0.3 is 15.2 Å². The molecule has 2 aliphatic rings. The Labute approximate surface area is 196 Å². The molecular formula is C23H29F3N6S. The number of likely N-dealkylation sites (tertiary alicyclic amines) is 1. The summed E-state index contributed by atoms with van der Waals surface area (Å²) < 4.78 is 40.4. The van der Waals surface area contributed by atoms with Crippen molar-refractivity contribution in [3.05, 3.63) is 47.4 Å². The summed E-state index contributed by atoms with van der Waals surface area (Å²) >= 11 is 1.67. The minimum atomic E-state index is -4.28. The van der Waals surface area contributed by atoms with Crippen molar-refractivity contribution in [2.24, 2.45) is 23.2 Å². The smallest absolute Gasteiger partial charge is 0.404 e. The third-order valence-electron chi connectivity index (χ3n) is 6.69. The number of rotatable bonds is 8. The highest BCUT2D eigenvalue weighted by atomic mass is 32.2. The second-order valence-electron chi connectivity index (χ2n) is 8.84. The van der Waals surface area contributed by atoms with Gasteiger partial charge in [0.15, 0.2) is 11.0 Å². The molecule has 1 aliphatic heterocycles. The lowest BCUT2D eigenvalue weighted by Gasteiger charge is -2.16. The van der Waals surface area contributed by atoms with Crippen LogP contribution in [0.5, 0.6) is 0 Å². The van der Waals surface area contributed by atoms with Gasteiger partial charge in [0.1, 0.15) is 0 Å². The maximum atomic E-state index is 12.8. The zero-order valence-corrected chi connectivity index (χ0v) is 19.7. The van der Waals surface area contributed by atoms with Gasteiger partial charge in [-0.2, -0.15) is 13.2 Å². The van der Waals surface area contributed by atoms with E-state index in [0.29, 0.717) is 11.7 Å². The van der Waals surface area contributed by atoms with Crippen LogP contribution in [0.2, 0.25) is 0 Å². The normalized spacial score (nSPS) is 23.8. The van der Waals surface area contributed by atoms with Crippen LogP contribution in [0, 0.1) is 5.41 Å². The van der Waals surface area contributed by atoms with Crippen LogP contribution < -0.4 is 5.73 Å². The van der Waals surface area contributed by atoms with Crippen molar-refractivity contribution in [2.45, 2.75) is 36.5 Å². The van der Waals surface area contributed by atoms with E-state index in [-0.39, 0.29) is 5.41 Å². The fourth-order valence-electron chi connectivity index (χ4n) is 4.81. The van der Waals surface area contributed by atoms with Crippen LogP contribution in [0.1, 0.15) is 42.1 Å². The standard InChI is InChI=1S/C23H29F3N6S/c1-28-14-17(13-27)20-29-30-21(31(20)2)33-11-3-9-32-10-8-22(15-32)12-19(22)16-4-6-18(7-5-16)23(24,25)26/h4-7,13-14,19H,3,8-12,15,27H2,1-2H3/t19-,22+/m0/s1. The Morgan fingerprint density at radius 1 is 1.30 bits per heavy atom. The monoisotopic (exact) mass is 478 g/mol. The van der Waals surface area contributed by atoms with Gasteiger partial charge in [-0.1, -0.05) is 23.9 Å². The highest BCUT2D eigenvalue weighted by Gasteiger charge is 2.57. The molecule has 0 bridgehead atoms. The summed E-state index contributed by atoms with van der Waals surface area (Å²) in [6, 6.07) is 5.75. The second-order valence-corrected chi connectivity index (χ2v) is 9.90. The summed E-state index contributed by atoms with van der Waals surface area (Å²) in [4.78, 5) is 6.48. The molecule has 0 radical (unpaired) electrons. The summed E-state index contributed by atoms with van der Waals surface area (Å²) in [7, 11) is 3.61. The molecule has 178 valence electrons. The van der Waals surface area contributed by atoms with E-state index in [9.17, 15) is 13.2 Å². The number of allylic oxidation sites excluding steroid dienone is 1. The zero-order chi connectivity index (χ0) is 23.6. The molecule has 1 spiro atoms. The third kappa shape index (κ3) is 5.11. The zero-order valence-electron chi connectivity index (χ0n) is 18.8. The van der Waals surface area contributed by atoms with Gasteiger partial charge >= 0.3 is 6.18 Å². The van der Waals surface area contributed by atoms with Gasteiger partial charge in [0.25, 0.3) is 0 Å². The van der Waals surface area contributed by atoms with Crippen molar-refractivity contribution in [3.63, 3.8) is 0 Å². The van der Waals surface area contributed by atoms with Crippen molar-refractivity contribution in [1.29, 1.82) is 0 Å². The fraction of sp³-hybridized carbons (Fsp3) is 0.522. The number of halogens is 3. The van der Waals surface area contributed by atoms with Gasteiger partial charge in [-0.15, -0.1) is 10.2 Å². The van der Waals surface area contributed by atoms with E-state index < -0.39 is 11.7 Å². The molecule has 2 atom stereocenters. The largest absolute Gasteiger partial charge is 0.416 e. The van der Waals surface area contributed by atoms with Crippen molar-refractivity contribution in [2.75, 3.05) is 32.4 Å². The molecule has 2 fully saturated rings. The van der Waals surface area contributed by atoms with Crippen LogP contribution in [0.15, 0.2) is 40.6 Å². The number of alkyl halides is 3. The van der Waals surface area contributed by atoms with Crippen LogP contribution in [-0.2, 0) is 13.2 Å². The van der Waals surface area contributed by atoms with Crippen molar-refractivity contribution < 1.29 is 13.2 Å². The van der Waals surface area contributed by atoms with Gasteiger partial charge in [0.2, 0.25) is 0 Å². The van der Waals surface area contributed by atoms with Crippen molar-refractivity contribution in [1.82, 2.24) is 19.7 Å². The highest BCUT2D eigenvalue weighted by molar-refractivity contribution is 7.99. The van der Waals surface area contributed by atoms with Crippen LogP contribution in [0.4, 0.5) is 13.2 Å². The molecule has 2 aromatic rings. The number of hydrogen-bond acceptors (Lipinski definition) is 6. The predicted molar refractivity (Wildman–Crippen MR) is 125 cm³/mol. The molecule has 1 aromatic heterocycles. The number of aliphatic imine (C=N–C) groups is 1. The van der Waals surface area contributed by atoms with E-state index >= 15 is 0 Å². The lowest BCUT2D eigenvalue weighted by molar-refractivity contribution is -0.137. The maximum Gasteiger partial charge on any atom is 0.416 e. The average Bonchev–Trinajstić information content (AvgIpc) is 3.14. The van der Waals surface area contributed by atoms with Gasteiger partial charge in [-0.3, -0.25) is 4.99 Å². The number of thioether (sulfide) groups is 1. The number of aromatic nitrogens is 3. The van der Waals surface area contributed by atoms with Crippen molar-refractivity contribution >= 4 is 23.5 Å². The van der Waals surface area contributed by atoms with Crippen molar-refractivity contribution in [3.8, 4) is 0 Å². The molecule has 2 heterocycles. The molecule has 1 saturated heterocycles. The molecule has 1 aliphatic carbocycles. The molecule has 1 aromatic carbocycles. The Kier molecular flexibility index (Phi) is 6.86. The number of benzene rings is 1. The van der Waals surface area contributed by atoms with Gasteiger partial charge in [-0.25, -0.2) is 0 Å². The lowest BCUT2D eigenvalue weighted by Crippen LogP contribution is -2.23. The SMILES string of the molecule is CN=CC(=CN)c1nnc(SCCCN2CC[C@@]3(C[C@H]3c3ccc(C(F)(F)F)cc3)C2)n1C. The first-order valence-electron chi connectivity index (χ1n) is 11.0. The summed E-state index contributed by atoms with van der Waals surface area (Å²) in [5, 5.41) is 9.34.